The first-order valence-electron chi connectivity index (χ1n) is 9.69. The van der Waals surface area contributed by atoms with E-state index in [1.807, 2.05) is 66.7 Å². The van der Waals surface area contributed by atoms with Gasteiger partial charge >= 0.3 is 5.97 Å². The highest BCUT2D eigenvalue weighted by molar-refractivity contribution is 9.10. The summed E-state index contributed by atoms with van der Waals surface area (Å²) in [7, 11) is 0. The van der Waals surface area contributed by atoms with E-state index < -0.39 is 12.0 Å². The molecule has 0 bridgehead atoms. The molecule has 0 aromatic heterocycles. The van der Waals surface area contributed by atoms with Crippen LogP contribution in [0.25, 0.3) is 0 Å². The Morgan fingerprint density at radius 3 is 2.41 bits per heavy atom. The molecular weight excluding hydrogens is 430 g/mol. The molecule has 0 spiro atoms. The maximum atomic E-state index is 11.9. The van der Waals surface area contributed by atoms with Gasteiger partial charge in [0.2, 0.25) is 0 Å². The van der Waals surface area contributed by atoms with E-state index in [0.717, 1.165) is 40.1 Å². The minimum Gasteiger partial charge on any atom is -0.480 e. The summed E-state index contributed by atoms with van der Waals surface area (Å²) in [5, 5.41) is 9.75. The monoisotopic (exact) mass is 451 g/mol. The van der Waals surface area contributed by atoms with Gasteiger partial charge in [0.1, 0.15) is 17.5 Å². The number of nitrogens with zero attached hydrogens (tertiary/aromatic N) is 1. The van der Waals surface area contributed by atoms with E-state index in [4.69, 9.17) is 4.74 Å². The quantitative estimate of drug-likeness (QED) is 0.508. The number of carboxylic acids is 1. The summed E-state index contributed by atoms with van der Waals surface area (Å²) in [6.45, 7) is 0.751. The first-order valence-corrected chi connectivity index (χ1v) is 10.5. The number of para-hydroxylation sites is 1. The van der Waals surface area contributed by atoms with Gasteiger partial charge in [-0.2, -0.15) is 0 Å². The molecule has 1 heterocycles. The maximum absolute atomic E-state index is 11.9. The summed E-state index contributed by atoms with van der Waals surface area (Å²) in [4.78, 5) is 14.0. The molecule has 5 heteroatoms. The first-order chi connectivity index (χ1) is 14.1. The third-order valence-corrected chi connectivity index (χ3v) is 5.78. The lowest BCUT2D eigenvalue weighted by Gasteiger charge is -2.32. The van der Waals surface area contributed by atoms with Crippen molar-refractivity contribution in [3.8, 4) is 11.5 Å². The molecular formula is C24H22BrNO3. The Balaban J connectivity index is 1.72. The van der Waals surface area contributed by atoms with Crippen molar-refractivity contribution in [2.75, 3.05) is 6.54 Å². The molecule has 4 nitrogen and oxygen atoms in total. The molecule has 2 unspecified atom stereocenters. The van der Waals surface area contributed by atoms with E-state index >= 15 is 0 Å². The highest BCUT2D eigenvalue weighted by atomic mass is 79.9. The predicted octanol–water partition coefficient (Wildman–Crippen LogP) is 5.88. The lowest BCUT2D eigenvalue weighted by Crippen LogP contribution is -2.39. The molecule has 0 saturated carbocycles. The van der Waals surface area contributed by atoms with Crippen molar-refractivity contribution in [3.05, 3.63) is 94.5 Å². The van der Waals surface area contributed by atoms with Gasteiger partial charge in [-0.05, 0) is 60.4 Å². The van der Waals surface area contributed by atoms with Crippen LogP contribution in [0, 0.1) is 0 Å². The van der Waals surface area contributed by atoms with Crippen molar-refractivity contribution in [2.45, 2.75) is 24.9 Å². The van der Waals surface area contributed by atoms with Crippen molar-refractivity contribution >= 4 is 21.9 Å². The van der Waals surface area contributed by atoms with Crippen LogP contribution < -0.4 is 4.74 Å². The second-order valence-electron chi connectivity index (χ2n) is 7.18. The molecule has 3 aromatic carbocycles. The maximum Gasteiger partial charge on any atom is 0.320 e. The van der Waals surface area contributed by atoms with Crippen molar-refractivity contribution in [1.82, 2.24) is 4.90 Å². The largest absolute Gasteiger partial charge is 0.480 e. The summed E-state index contributed by atoms with van der Waals surface area (Å²) >= 11 is 3.49. The molecule has 4 rings (SSSR count). The summed E-state index contributed by atoms with van der Waals surface area (Å²) in [5.74, 6) is 0.748. The Bertz CT molecular complexity index is 975. The fourth-order valence-corrected chi connectivity index (χ4v) is 4.22. The molecule has 0 aliphatic carbocycles. The number of benzene rings is 3. The lowest BCUT2D eigenvalue weighted by molar-refractivity contribution is -0.142. The van der Waals surface area contributed by atoms with E-state index in [1.165, 1.54) is 0 Å². The third-order valence-electron chi connectivity index (χ3n) is 5.25. The summed E-state index contributed by atoms with van der Waals surface area (Å²) < 4.78 is 7.02. The zero-order valence-electron chi connectivity index (χ0n) is 15.9. The van der Waals surface area contributed by atoms with Crippen molar-refractivity contribution in [3.63, 3.8) is 0 Å². The number of ether oxygens (including phenoxy) is 1. The molecule has 148 valence electrons. The Labute approximate surface area is 178 Å². The Morgan fingerprint density at radius 1 is 0.966 bits per heavy atom. The van der Waals surface area contributed by atoms with Gasteiger partial charge in [0, 0.05) is 11.0 Å². The minimum atomic E-state index is -0.763. The Kier molecular flexibility index (Phi) is 5.97. The van der Waals surface area contributed by atoms with E-state index in [2.05, 4.69) is 33.0 Å². The second-order valence-corrected chi connectivity index (χ2v) is 8.09. The molecule has 1 aliphatic rings. The molecule has 1 aliphatic heterocycles. The number of rotatable bonds is 6. The molecule has 1 N–H and O–H groups in total. The second kappa shape index (κ2) is 8.80. The van der Waals surface area contributed by atoms with Crippen LogP contribution in [0.2, 0.25) is 0 Å². The summed E-state index contributed by atoms with van der Waals surface area (Å²) in [6, 6.07) is 25.1. The number of aliphatic carboxylic acids is 1. The minimum absolute atomic E-state index is 0.147. The Hall–Kier alpha value is -2.63. The number of carbonyl (C=O) groups is 1. The van der Waals surface area contributed by atoms with Gasteiger partial charge in [-0.1, -0.05) is 58.4 Å². The molecule has 29 heavy (non-hydrogen) atoms. The zero-order chi connectivity index (χ0) is 20.2. The smallest absolute Gasteiger partial charge is 0.320 e. The van der Waals surface area contributed by atoms with Crippen LogP contribution in [0.5, 0.6) is 11.5 Å². The number of halogens is 1. The molecule has 2 atom stereocenters. The topological polar surface area (TPSA) is 49.8 Å². The fraction of sp³-hybridized carbons (Fsp3) is 0.208. The van der Waals surface area contributed by atoms with E-state index in [1.54, 1.807) is 0 Å². The van der Waals surface area contributed by atoms with Crippen molar-refractivity contribution in [2.24, 2.45) is 0 Å². The van der Waals surface area contributed by atoms with Gasteiger partial charge in [0.15, 0.2) is 0 Å². The average molecular weight is 452 g/mol. The van der Waals surface area contributed by atoms with Crippen LogP contribution in [0.3, 0.4) is 0 Å². The van der Waals surface area contributed by atoms with E-state index in [9.17, 15) is 9.90 Å². The van der Waals surface area contributed by atoms with Crippen molar-refractivity contribution in [1.29, 1.82) is 0 Å². The van der Waals surface area contributed by atoms with Gasteiger partial charge in [-0.3, -0.25) is 9.69 Å². The van der Waals surface area contributed by atoms with Crippen LogP contribution >= 0.6 is 15.9 Å². The van der Waals surface area contributed by atoms with Gasteiger partial charge in [-0.15, -0.1) is 0 Å². The highest BCUT2D eigenvalue weighted by Crippen LogP contribution is 2.37. The lowest BCUT2D eigenvalue weighted by atomic mass is 9.96. The summed E-state index contributed by atoms with van der Waals surface area (Å²) in [5.41, 5.74) is 2.09. The Morgan fingerprint density at radius 2 is 1.69 bits per heavy atom. The van der Waals surface area contributed by atoms with Gasteiger partial charge in [0.25, 0.3) is 0 Å². The standard InChI is InChI=1S/C24H22BrNO3/c25-19-13-11-17(12-14-19)23(26-15-5-10-22(26)24(27)28)18-6-4-9-21(16-18)29-20-7-2-1-3-8-20/h1-4,6-9,11-14,16,22-23H,5,10,15H2,(H,27,28). The molecule has 3 aromatic rings. The van der Waals surface area contributed by atoms with Gasteiger partial charge < -0.3 is 9.84 Å². The van der Waals surface area contributed by atoms with Crippen LogP contribution in [0.4, 0.5) is 0 Å². The van der Waals surface area contributed by atoms with Gasteiger partial charge in [-0.25, -0.2) is 0 Å². The van der Waals surface area contributed by atoms with Crippen LogP contribution in [-0.4, -0.2) is 28.6 Å². The summed E-state index contributed by atoms with van der Waals surface area (Å²) in [6.07, 6.45) is 1.55. The normalized spacial score (nSPS) is 17.8. The van der Waals surface area contributed by atoms with Gasteiger partial charge in [0.05, 0.1) is 6.04 Å². The predicted molar refractivity (Wildman–Crippen MR) is 116 cm³/mol. The number of likely N-dealkylation sites (tertiary alicyclic amines) is 1. The van der Waals surface area contributed by atoms with Crippen LogP contribution in [0.15, 0.2) is 83.3 Å². The third kappa shape index (κ3) is 4.52. The SMILES string of the molecule is O=C(O)C1CCCN1C(c1ccc(Br)cc1)c1cccc(Oc2ccccc2)c1. The number of hydrogen-bond donors (Lipinski definition) is 1. The zero-order valence-corrected chi connectivity index (χ0v) is 17.5. The van der Waals surface area contributed by atoms with E-state index in [-0.39, 0.29) is 6.04 Å². The highest BCUT2D eigenvalue weighted by Gasteiger charge is 2.36. The molecule has 0 amide bonds. The first kappa shape index (κ1) is 19.7. The van der Waals surface area contributed by atoms with E-state index in [0.29, 0.717) is 6.42 Å². The van der Waals surface area contributed by atoms with Crippen LogP contribution in [-0.2, 0) is 4.79 Å². The molecule has 0 radical (unpaired) electrons. The number of hydrogen-bond acceptors (Lipinski definition) is 3. The average Bonchev–Trinajstić information content (AvgIpc) is 3.20. The molecule has 1 fully saturated rings. The molecule has 1 saturated heterocycles. The van der Waals surface area contributed by atoms with Crippen molar-refractivity contribution < 1.29 is 14.6 Å². The number of carboxylic acid groups (broad SMARTS) is 1. The fourth-order valence-electron chi connectivity index (χ4n) is 3.96. The van der Waals surface area contributed by atoms with Crippen LogP contribution in [0.1, 0.15) is 30.0 Å².